The number of hydrogen-bond donors (Lipinski definition) is 1. The highest BCUT2D eigenvalue weighted by molar-refractivity contribution is 7.91. The molecule has 9 heteroatoms. The number of sulfone groups is 1. The molecule has 3 rings (SSSR count). The Kier molecular flexibility index (Phi) is 5.62. The number of halogens is 2. The zero-order valence-electron chi connectivity index (χ0n) is 13.8. The number of carbonyl (C=O) groups excluding carboxylic acids is 1. The molecule has 0 aliphatic carbocycles. The lowest BCUT2D eigenvalue weighted by Gasteiger charge is -2.10. The second-order valence-electron chi connectivity index (χ2n) is 5.54. The van der Waals surface area contributed by atoms with Crippen molar-refractivity contribution in [1.29, 1.82) is 0 Å². The van der Waals surface area contributed by atoms with Gasteiger partial charge in [-0.2, -0.15) is 8.78 Å². The van der Waals surface area contributed by atoms with Crippen molar-refractivity contribution in [2.24, 2.45) is 0 Å². The van der Waals surface area contributed by atoms with Crippen molar-refractivity contribution in [2.75, 3.05) is 5.32 Å². The Labute approximate surface area is 158 Å². The molecule has 5 nitrogen and oxygen atoms in total. The number of nitrogens with one attached hydrogen (secondary N) is 1. The van der Waals surface area contributed by atoms with E-state index in [-0.39, 0.29) is 12.1 Å². The summed E-state index contributed by atoms with van der Waals surface area (Å²) in [4.78, 5) is 16.0. The van der Waals surface area contributed by atoms with Gasteiger partial charge < -0.3 is 5.32 Å². The molecule has 0 fully saturated rings. The van der Waals surface area contributed by atoms with Crippen LogP contribution in [0.1, 0.15) is 5.69 Å². The predicted molar refractivity (Wildman–Crippen MR) is 99.5 cm³/mol. The Morgan fingerprint density at radius 2 is 1.74 bits per heavy atom. The number of rotatable bonds is 6. The number of thiazole rings is 1. The van der Waals surface area contributed by atoms with E-state index in [0.29, 0.717) is 5.69 Å². The average Bonchev–Trinajstić information content (AvgIpc) is 3.11. The smallest absolute Gasteiger partial charge is 0.325 e. The molecule has 0 saturated heterocycles. The monoisotopic (exact) mass is 408 g/mol. The number of aromatic nitrogens is 1. The van der Waals surface area contributed by atoms with Crippen molar-refractivity contribution in [3.8, 4) is 10.6 Å². The lowest BCUT2D eigenvalue weighted by molar-refractivity contribution is -0.115. The highest BCUT2D eigenvalue weighted by atomic mass is 32.2. The van der Waals surface area contributed by atoms with Gasteiger partial charge >= 0.3 is 5.76 Å². The Morgan fingerprint density at radius 3 is 2.44 bits per heavy atom. The number of amides is 1. The summed E-state index contributed by atoms with van der Waals surface area (Å²) in [6.07, 6.45) is -0.105. The molecule has 2 aromatic carbocycles. The van der Waals surface area contributed by atoms with Crippen LogP contribution in [0.2, 0.25) is 0 Å². The van der Waals surface area contributed by atoms with Gasteiger partial charge in [0, 0.05) is 10.9 Å². The first-order chi connectivity index (χ1) is 12.9. The molecule has 1 aromatic heterocycles. The van der Waals surface area contributed by atoms with E-state index < -0.39 is 26.4 Å². The molecule has 3 aromatic rings. The second kappa shape index (κ2) is 7.93. The first-order valence-corrected chi connectivity index (χ1v) is 10.2. The topological polar surface area (TPSA) is 76.1 Å². The zero-order chi connectivity index (χ0) is 19.4. The van der Waals surface area contributed by atoms with E-state index in [1.165, 1.54) is 29.5 Å². The summed E-state index contributed by atoms with van der Waals surface area (Å²) in [6, 6.07) is 14.5. The molecular weight excluding hydrogens is 394 g/mol. The first kappa shape index (κ1) is 19.1. The lowest BCUT2D eigenvalue weighted by atomic mass is 10.2. The molecule has 27 heavy (non-hydrogen) atoms. The minimum atomic E-state index is -4.82. The van der Waals surface area contributed by atoms with Crippen molar-refractivity contribution < 1.29 is 22.0 Å². The normalized spacial score (nSPS) is 11.5. The number of alkyl halides is 2. The third kappa shape index (κ3) is 4.37. The molecule has 1 amide bonds. The van der Waals surface area contributed by atoms with Crippen LogP contribution in [0.3, 0.4) is 0 Å². The second-order valence-corrected chi connectivity index (χ2v) is 8.28. The molecule has 0 unspecified atom stereocenters. The van der Waals surface area contributed by atoms with Gasteiger partial charge in [0.25, 0.3) is 0 Å². The van der Waals surface area contributed by atoms with Crippen molar-refractivity contribution >= 4 is 32.8 Å². The summed E-state index contributed by atoms with van der Waals surface area (Å²) in [5.74, 6) is -4.11. The maximum Gasteiger partial charge on any atom is 0.341 e. The zero-order valence-corrected chi connectivity index (χ0v) is 15.4. The molecule has 0 saturated carbocycles. The van der Waals surface area contributed by atoms with Crippen LogP contribution in [-0.2, 0) is 21.1 Å². The molecule has 0 atom stereocenters. The molecule has 0 radical (unpaired) electrons. The van der Waals surface area contributed by atoms with Crippen LogP contribution in [-0.4, -0.2) is 25.1 Å². The Morgan fingerprint density at radius 1 is 1.07 bits per heavy atom. The van der Waals surface area contributed by atoms with Gasteiger partial charge in [-0.15, -0.1) is 11.3 Å². The molecule has 1 heterocycles. The van der Waals surface area contributed by atoms with E-state index in [1.807, 2.05) is 30.3 Å². The van der Waals surface area contributed by atoms with Crippen LogP contribution in [0.4, 0.5) is 14.5 Å². The third-order valence-corrected chi connectivity index (χ3v) is 5.99. The standard InChI is InChI=1S/C18H14F2N2O3S2/c19-18(20)27(24,25)15-9-5-4-8-14(15)22-16(23)10-13-11-26-17(21-13)12-6-2-1-3-7-12/h1-9,11,18H,10H2,(H,22,23). The molecular formula is C18H14F2N2O3S2. The minimum absolute atomic E-state index is 0.105. The maximum absolute atomic E-state index is 12.8. The summed E-state index contributed by atoms with van der Waals surface area (Å²) in [7, 11) is -4.82. The van der Waals surface area contributed by atoms with Crippen LogP contribution < -0.4 is 5.32 Å². The van der Waals surface area contributed by atoms with Gasteiger partial charge in [0.15, 0.2) is 0 Å². The van der Waals surface area contributed by atoms with Crippen molar-refractivity contribution in [3.05, 3.63) is 65.7 Å². The van der Waals surface area contributed by atoms with Crippen LogP contribution in [0.15, 0.2) is 64.9 Å². The van der Waals surface area contributed by atoms with Crippen LogP contribution in [0.5, 0.6) is 0 Å². The van der Waals surface area contributed by atoms with Crippen molar-refractivity contribution in [3.63, 3.8) is 0 Å². The molecule has 0 aliphatic heterocycles. The number of anilines is 1. The van der Waals surface area contributed by atoms with Crippen LogP contribution in [0, 0.1) is 0 Å². The average molecular weight is 408 g/mol. The summed E-state index contributed by atoms with van der Waals surface area (Å²) in [6.45, 7) is 0. The lowest BCUT2D eigenvalue weighted by Crippen LogP contribution is -2.19. The summed E-state index contributed by atoms with van der Waals surface area (Å²) >= 11 is 1.38. The minimum Gasteiger partial charge on any atom is -0.325 e. The quantitative estimate of drug-likeness (QED) is 0.669. The fourth-order valence-corrected chi connectivity index (χ4v) is 4.09. The summed E-state index contributed by atoms with van der Waals surface area (Å²) in [5.41, 5.74) is 1.24. The van der Waals surface area contributed by atoms with E-state index in [9.17, 15) is 22.0 Å². The van der Waals surface area contributed by atoms with E-state index in [4.69, 9.17) is 0 Å². The van der Waals surface area contributed by atoms with E-state index in [1.54, 1.807) is 5.38 Å². The highest BCUT2D eigenvalue weighted by Gasteiger charge is 2.29. The third-order valence-electron chi connectivity index (χ3n) is 3.62. The maximum atomic E-state index is 12.8. The molecule has 1 N–H and O–H groups in total. The number of hydrogen-bond acceptors (Lipinski definition) is 5. The first-order valence-electron chi connectivity index (χ1n) is 7.78. The Bertz CT molecular complexity index is 1050. The Balaban J connectivity index is 1.75. The van der Waals surface area contributed by atoms with Crippen molar-refractivity contribution in [2.45, 2.75) is 17.1 Å². The van der Waals surface area contributed by atoms with E-state index in [2.05, 4.69) is 10.3 Å². The van der Waals surface area contributed by atoms with E-state index >= 15 is 0 Å². The van der Waals surface area contributed by atoms with Gasteiger partial charge in [0.05, 0.1) is 22.7 Å². The van der Waals surface area contributed by atoms with Crippen molar-refractivity contribution in [1.82, 2.24) is 4.98 Å². The van der Waals surface area contributed by atoms with Crippen LogP contribution >= 0.6 is 11.3 Å². The van der Waals surface area contributed by atoms with Gasteiger partial charge in [0.1, 0.15) is 5.01 Å². The van der Waals surface area contributed by atoms with E-state index in [0.717, 1.165) is 16.6 Å². The fourth-order valence-electron chi connectivity index (χ4n) is 2.37. The molecule has 0 bridgehead atoms. The largest absolute Gasteiger partial charge is 0.341 e. The van der Waals surface area contributed by atoms with Gasteiger partial charge in [-0.05, 0) is 12.1 Å². The Hall–Kier alpha value is -2.65. The number of carbonyl (C=O) groups is 1. The molecule has 0 spiro atoms. The summed E-state index contributed by atoms with van der Waals surface area (Å²) < 4.78 is 49.1. The summed E-state index contributed by atoms with van der Waals surface area (Å²) in [5, 5.41) is 4.86. The molecule has 140 valence electrons. The molecule has 0 aliphatic rings. The van der Waals surface area contributed by atoms with Gasteiger partial charge in [-0.3, -0.25) is 4.79 Å². The van der Waals surface area contributed by atoms with Gasteiger partial charge in [-0.25, -0.2) is 13.4 Å². The predicted octanol–water partition coefficient (Wildman–Crippen LogP) is 3.99. The van der Waals surface area contributed by atoms with Gasteiger partial charge in [-0.1, -0.05) is 42.5 Å². The van der Waals surface area contributed by atoms with Crippen LogP contribution in [0.25, 0.3) is 10.6 Å². The van der Waals surface area contributed by atoms with Gasteiger partial charge in [0.2, 0.25) is 15.7 Å². The number of nitrogens with zero attached hydrogens (tertiary/aromatic N) is 1. The SMILES string of the molecule is O=C(Cc1csc(-c2ccccc2)n1)Nc1ccccc1S(=O)(=O)C(F)F. The number of benzene rings is 2. The fraction of sp³-hybridized carbons (Fsp3) is 0.111. The highest BCUT2D eigenvalue weighted by Crippen LogP contribution is 2.27. The number of para-hydroxylation sites is 1.